The van der Waals surface area contributed by atoms with Gasteiger partial charge in [0.1, 0.15) is 0 Å². The van der Waals surface area contributed by atoms with Gasteiger partial charge in [-0.1, -0.05) is 193 Å². The average Bonchev–Trinajstić information content (AvgIpc) is 3.18. The molecule has 7 aromatic carbocycles. The van der Waals surface area contributed by atoms with Crippen molar-refractivity contribution in [1.82, 2.24) is 0 Å². The topological polar surface area (TPSA) is 3.24 Å². The van der Waals surface area contributed by atoms with E-state index in [-0.39, 0.29) is 0 Å². The van der Waals surface area contributed by atoms with Gasteiger partial charge < -0.3 is 4.90 Å². The molecule has 54 heavy (non-hydrogen) atoms. The monoisotopic (exact) mass is 705 g/mol. The molecule has 0 bridgehead atoms. The fourth-order valence-corrected chi connectivity index (χ4v) is 5.88. The van der Waals surface area contributed by atoms with Crippen molar-refractivity contribution in [2.75, 3.05) is 4.90 Å². The van der Waals surface area contributed by atoms with E-state index in [0.717, 1.165) is 17.1 Å². The minimum absolute atomic E-state index is 0.653. The Morgan fingerprint density at radius 1 is 0.315 bits per heavy atom. The van der Waals surface area contributed by atoms with Gasteiger partial charge in [-0.3, -0.25) is 0 Å². The summed E-state index contributed by atoms with van der Waals surface area (Å²) in [6.45, 7) is 17.1. The summed E-state index contributed by atoms with van der Waals surface area (Å²) in [7, 11) is 0. The molecule has 272 valence electrons. The standard InChI is InChI=1S/C35H31N.C10H14.C8H10/c1-26-4-10-29(11-5-26)12-13-30-14-16-31(17-15-30)32-18-24-35(25-19-32)36(33-20-6-27(2)7-21-33)34-22-8-28(3)9-23-34;1-8(2)10-6-4-9(3)5-7-10;1-7-3-5-8(2)6-4-7/h4-25H,1-3H3;4-8H,1-3H3;3-6H,1-2H3/b13-12+;;. The van der Waals surface area contributed by atoms with Gasteiger partial charge in [-0.15, -0.1) is 0 Å². The van der Waals surface area contributed by atoms with Crippen molar-refractivity contribution in [2.45, 2.75) is 61.3 Å². The Kier molecular flexibility index (Phi) is 14.0. The Hall–Kier alpha value is -5.92. The molecule has 0 amide bonds. The molecule has 0 aliphatic heterocycles. The van der Waals surface area contributed by atoms with Gasteiger partial charge in [-0.25, -0.2) is 0 Å². The summed E-state index contributed by atoms with van der Waals surface area (Å²) in [5.74, 6) is 0.653. The predicted octanol–water partition coefficient (Wildman–Crippen LogP) is 15.3. The van der Waals surface area contributed by atoms with E-state index in [0.29, 0.717) is 5.92 Å². The Morgan fingerprint density at radius 2 is 0.556 bits per heavy atom. The normalized spacial score (nSPS) is 10.7. The number of rotatable bonds is 7. The molecule has 0 atom stereocenters. The lowest BCUT2D eigenvalue weighted by atomic mass is 10.0. The fourth-order valence-electron chi connectivity index (χ4n) is 5.88. The summed E-state index contributed by atoms with van der Waals surface area (Å²) < 4.78 is 0. The molecule has 0 N–H and O–H groups in total. The Balaban J connectivity index is 0.000000254. The number of aryl methyl sites for hydroxylation is 6. The maximum atomic E-state index is 2.31. The van der Waals surface area contributed by atoms with E-state index in [1.54, 1.807) is 0 Å². The van der Waals surface area contributed by atoms with Gasteiger partial charge in [0, 0.05) is 17.1 Å². The number of hydrogen-bond donors (Lipinski definition) is 0. The highest BCUT2D eigenvalue weighted by atomic mass is 15.1. The fraction of sp³-hybridized carbons (Fsp3) is 0.170. The van der Waals surface area contributed by atoms with Crippen LogP contribution in [-0.2, 0) is 0 Å². The summed E-state index contributed by atoms with van der Waals surface area (Å²) in [6, 6.07) is 60.8. The van der Waals surface area contributed by atoms with Gasteiger partial charge in [0.2, 0.25) is 0 Å². The van der Waals surface area contributed by atoms with Gasteiger partial charge in [0.25, 0.3) is 0 Å². The van der Waals surface area contributed by atoms with Crippen LogP contribution in [0.25, 0.3) is 23.3 Å². The first-order chi connectivity index (χ1) is 26.0. The van der Waals surface area contributed by atoms with E-state index in [4.69, 9.17) is 0 Å². The second kappa shape index (κ2) is 19.2. The number of hydrogen-bond acceptors (Lipinski definition) is 1. The van der Waals surface area contributed by atoms with Crippen LogP contribution in [0.2, 0.25) is 0 Å². The average molecular weight is 706 g/mol. The molecule has 0 fully saturated rings. The lowest BCUT2D eigenvalue weighted by Crippen LogP contribution is -2.09. The maximum absolute atomic E-state index is 2.31. The maximum Gasteiger partial charge on any atom is 0.0462 e. The molecule has 1 nitrogen and oxygen atoms in total. The van der Waals surface area contributed by atoms with Crippen LogP contribution in [0, 0.1) is 41.5 Å². The molecule has 7 aromatic rings. The molecule has 0 saturated heterocycles. The SMILES string of the molecule is Cc1ccc(/C=C/c2ccc(-c3ccc(N(c4ccc(C)cc4)c4ccc(C)cc4)cc3)cc2)cc1.Cc1ccc(C(C)C)cc1.Cc1ccc(C)cc1. The molecule has 0 aliphatic rings. The van der Waals surface area contributed by atoms with Gasteiger partial charge in [-0.05, 0) is 112 Å². The van der Waals surface area contributed by atoms with Crippen LogP contribution in [0.3, 0.4) is 0 Å². The van der Waals surface area contributed by atoms with Crippen molar-refractivity contribution in [2.24, 2.45) is 0 Å². The molecule has 0 aromatic heterocycles. The molecule has 0 saturated carbocycles. The third-order valence-electron chi connectivity index (χ3n) is 9.46. The Labute approximate surface area is 325 Å². The molecular weight excluding hydrogens is 651 g/mol. The van der Waals surface area contributed by atoms with Gasteiger partial charge in [-0.2, -0.15) is 0 Å². The Bertz CT molecular complexity index is 2100. The molecule has 0 radical (unpaired) electrons. The summed E-state index contributed by atoms with van der Waals surface area (Å²) in [4.78, 5) is 2.31. The zero-order valence-corrected chi connectivity index (χ0v) is 33.3. The molecule has 1 heteroatoms. The first-order valence-electron chi connectivity index (χ1n) is 19.0. The van der Waals surface area contributed by atoms with Gasteiger partial charge in [0.15, 0.2) is 0 Å². The van der Waals surface area contributed by atoms with E-state index >= 15 is 0 Å². The number of benzene rings is 7. The second-order valence-electron chi connectivity index (χ2n) is 14.6. The van der Waals surface area contributed by atoms with Gasteiger partial charge >= 0.3 is 0 Å². The van der Waals surface area contributed by atoms with E-state index in [1.807, 2.05) is 0 Å². The van der Waals surface area contributed by atoms with E-state index in [2.05, 4.69) is 242 Å². The smallest absolute Gasteiger partial charge is 0.0462 e. The molecular formula is C53H55N. The minimum atomic E-state index is 0.653. The quantitative estimate of drug-likeness (QED) is 0.149. The number of nitrogens with zero attached hydrogens (tertiary/aromatic N) is 1. The molecule has 0 unspecified atom stereocenters. The van der Waals surface area contributed by atoms with Crippen LogP contribution in [0.5, 0.6) is 0 Å². The van der Waals surface area contributed by atoms with Crippen LogP contribution in [0.4, 0.5) is 17.1 Å². The van der Waals surface area contributed by atoms with Gasteiger partial charge in [0.05, 0.1) is 0 Å². The van der Waals surface area contributed by atoms with Crippen molar-refractivity contribution in [1.29, 1.82) is 0 Å². The summed E-state index contributed by atoms with van der Waals surface area (Å²) in [5, 5.41) is 0. The third-order valence-corrected chi connectivity index (χ3v) is 9.46. The Morgan fingerprint density at radius 3 is 0.889 bits per heavy atom. The highest BCUT2D eigenvalue weighted by Gasteiger charge is 2.12. The second-order valence-corrected chi connectivity index (χ2v) is 14.6. The predicted molar refractivity (Wildman–Crippen MR) is 237 cm³/mol. The lowest BCUT2D eigenvalue weighted by molar-refractivity contribution is 0.866. The molecule has 7 rings (SSSR count). The summed E-state index contributed by atoms with van der Waals surface area (Å²) in [6.07, 6.45) is 4.33. The van der Waals surface area contributed by atoms with E-state index in [9.17, 15) is 0 Å². The highest BCUT2D eigenvalue weighted by Crippen LogP contribution is 2.36. The van der Waals surface area contributed by atoms with Crippen molar-refractivity contribution < 1.29 is 0 Å². The van der Waals surface area contributed by atoms with Crippen molar-refractivity contribution >= 4 is 29.2 Å². The largest absolute Gasteiger partial charge is 0.311 e. The first kappa shape index (κ1) is 39.3. The van der Waals surface area contributed by atoms with E-state index < -0.39 is 0 Å². The zero-order chi connectivity index (χ0) is 38.5. The zero-order valence-electron chi connectivity index (χ0n) is 33.3. The van der Waals surface area contributed by atoms with Crippen LogP contribution < -0.4 is 4.90 Å². The third kappa shape index (κ3) is 11.8. The van der Waals surface area contributed by atoms with Crippen molar-refractivity contribution in [3.05, 3.63) is 220 Å². The van der Waals surface area contributed by atoms with Crippen LogP contribution >= 0.6 is 0 Å². The molecule has 0 heterocycles. The van der Waals surface area contributed by atoms with Crippen LogP contribution in [0.1, 0.15) is 69.8 Å². The van der Waals surface area contributed by atoms with Crippen LogP contribution in [-0.4, -0.2) is 0 Å². The minimum Gasteiger partial charge on any atom is -0.311 e. The number of anilines is 3. The first-order valence-corrected chi connectivity index (χ1v) is 19.0. The molecule has 0 spiro atoms. The summed E-state index contributed by atoms with van der Waals surface area (Å²) >= 11 is 0. The highest BCUT2D eigenvalue weighted by molar-refractivity contribution is 5.79. The molecule has 0 aliphatic carbocycles. The summed E-state index contributed by atoms with van der Waals surface area (Å²) in [5.41, 5.74) is 17.5. The lowest BCUT2D eigenvalue weighted by Gasteiger charge is -2.26. The van der Waals surface area contributed by atoms with E-state index in [1.165, 1.54) is 61.2 Å². The van der Waals surface area contributed by atoms with Crippen molar-refractivity contribution in [3.8, 4) is 11.1 Å². The van der Waals surface area contributed by atoms with Crippen LogP contribution in [0.15, 0.2) is 170 Å². The van der Waals surface area contributed by atoms with Crippen molar-refractivity contribution in [3.63, 3.8) is 0 Å².